The predicted molar refractivity (Wildman–Crippen MR) is 117 cm³/mol. The highest BCUT2D eigenvalue weighted by molar-refractivity contribution is 5.87. The molecule has 3 heterocycles. The molecule has 0 radical (unpaired) electrons. The maximum absolute atomic E-state index is 11.9. The van der Waals surface area contributed by atoms with Gasteiger partial charge in [-0.3, -0.25) is 9.69 Å². The van der Waals surface area contributed by atoms with E-state index < -0.39 is 0 Å². The summed E-state index contributed by atoms with van der Waals surface area (Å²) in [6, 6.07) is 12.9. The van der Waals surface area contributed by atoms with Crippen LogP contribution in [-0.2, 0) is 24.3 Å². The molecule has 4 rings (SSSR count). The fraction of sp³-hybridized carbons (Fsp3) is 0.375. The van der Waals surface area contributed by atoms with Crippen LogP contribution in [0.2, 0.25) is 0 Å². The highest BCUT2D eigenvalue weighted by Gasteiger charge is 2.29. The van der Waals surface area contributed by atoms with Gasteiger partial charge < -0.3 is 9.80 Å². The summed E-state index contributed by atoms with van der Waals surface area (Å²) in [7, 11) is 0. The van der Waals surface area contributed by atoms with Crippen LogP contribution in [0.15, 0.2) is 43.0 Å². The molecule has 0 aliphatic carbocycles. The molecular weight excluding hydrogens is 374 g/mol. The number of amides is 1. The zero-order chi connectivity index (χ0) is 21.1. The fourth-order valence-corrected chi connectivity index (χ4v) is 4.45. The summed E-state index contributed by atoms with van der Waals surface area (Å²) in [5.74, 6) is 0.976. The lowest BCUT2D eigenvalue weighted by molar-refractivity contribution is -0.126. The Morgan fingerprint density at radius 1 is 1.17 bits per heavy atom. The van der Waals surface area contributed by atoms with E-state index in [1.807, 2.05) is 17.9 Å². The van der Waals surface area contributed by atoms with Crippen molar-refractivity contribution in [3.05, 3.63) is 70.9 Å². The Kier molecular flexibility index (Phi) is 5.82. The van der Waals surface area contributed by atoms with E-state index in [-0.39, 0.29) is 5.91 Å². The Bertz CT molecular complexity index is 987. The van der Waals surface area contributed by atoms with Crippen molar-refractivity contribution in [2.45, 2.75) is 26.4 Å². The third kappa shape index (κ3) is 3.94. The number of hydrogen-bond acceptors (Lipinski definition) is 5. The Labute approximate surface area is 178 Å². The summed E-state index contributed by atoms with van der Waals surface area (Å²) < 4.78 is 0. The molecule has 6 heteroatoms. The minimum Gasteiger partial charge on any atom is -0.353 e. The van der Waals surface area contributed by atoms with E-state index in [0.29, 0.717) is 18.7 Å². The van der Waals surface area contributed by atoms with E-state index in [4.69, 9.17) is 4.98 Å². The van der Waals surface area contributed by atoms with E-state index in [1.54, 1.807) is 0 Å². The van der Waals surface area contributed by atoms with Crippen molar-refractivity contribution in [1.82, 2.24) is 14.8 Å². The second-order valence-corrected chi connectivity index (χ2v) is 7.93. The number of nitrogens with zero attached hydrogens (tertiary/aromatic N) is 5. The van der Waals surface area contributed by atoms with Crippen LogP contribution in [0.3, 0.4) is 0 Å². The number of carbonyl (C=O) groups is 1. The third-order valence-electron chi connectivity index (χ3n) is 6.06. The molecule has 2 aliphatic rings. The van der Waals surface area contributed by atoms with Crippen molar-refractivity contribution in [1.29, 1.82) is 5.26 Å². The first-order valence-corrected chi connectivity index (χ1v) is 10.5. The van der Waals surface area contributed by atoms with Crippen molar-refractivity contribution in [3.63, 3.8) is 0 Å². The smallest absolute Gasteiger partial charge is 0.246 e. The van der Waals surface area contributed by atoms with E-state index in [9.17, 15) is 10.1 Å². The molecule has 0 N–H and O–H groups in total. The van der Waals surface area contributed by atoms with Gasteiger partial charge in [-0.2, -0.15) is 5.26 Å². The quantitative estimate of drug-likeness (QED) is 0.737. The van der Waals surface area contributed by atoms with Gasteiger partial charge in [-0.25, -0.2) is 4.98 Å². The Morgan fingerprint density at radius 2 is 1.90 bits per heavy atom. The number of anilines is 1. The van der Waals surface area contributed by atoms with Gasteiger partial charge in [0.25, 0.3) is 0 Å². The highest BCUT2D eigenvalue weighted by atomic mass is 16.2. The molecule has 1 aromatic carbocycles. The van der Waals surface area contributed by atoms with Gasteiger partial charge in [-0.15, -0.1) is 0 Å². The molecule has 1 saturated heterocycles. The number of benzene rings is 1. The summed E-state index contributed by atoms with van der Waals surface area (Å²) in [5.41, 5.74) is 5.11. The molecule has 30 heavy (non-hydrogen) atoms. The summed E-state index contributed by atoms with van der Waals surface area (Å²) >= 11 is 0. The van der Waals surface area contributed by atoms with Crippen LogP contribution in [0, 0.1) is 18.3 Å². The molecule has 0 bridgehead atoms. The molecule has 1 fully saturated rings. The maximum atomic E-state index is 11.9. The number of nitriles is 1. The van der Waals surface area contributed by atoms with Crippen LogP contribution in [-0.4, -0.2) is 53.4 Å². The van der Waals surface area contributed by atoms with Crippen LogP contribution in [0.1, 0.15) is 27.9 Å². The Morgan fingerprint density at radius 3 is 2.57 bits per heavy atom. The van der Waals surface area contributed by atoms with Crippen molar-refractivity contribution in [2.75, 3.05) is 37.6 Å². The van der Waals surface area contributed by atoms with Gasteiger partial charge in [0, 0.05) is 51.4 Å². The van der Waals surface area contributed by atoms with Gasteiger partial charge in [-0.05, 0) is 30.5 Å². The lowest BCUT2D eigenvalue weighted by Crippen LogP contribution is -2.49. The van der Waals surface area contributed by atoms with Gasteiger partial charge >= 0.3 is 0 Å². The summed E-state index contributed by atoms with van der Waals surface area (Å²) in [6.45, 7) is 10.9. The molecule has 154 valence electrons. The molecule has 2 aliphatic heterocycles. The van der Waals surface area contributed by atoms with Gasteiger partial charge in [0.15, 0.2) is 0 Å². The van der Waals surface area contributed by atoms with Crippen LogP contribution >= 0.6 is 0 Å². The SMILES string of the molecule is C=CC(=O)N1CCN(c2nc(C)c(C#N)c3c2CCN(Cc2ccccc2)C3)CC1. The standard InChI is InChI=1S/C24H27N5O/c1-3-23(30)28-11-13-29(14-12-28)24-20-9-10-27(16-19-7-5-4-6-8-19)17-22(20)21(15-25)18(2)26-24/h3-8H,1,9-14,16-17H2,2H3. The summed E-state index contributed by atoms with van der Waals surface area (Å²) in [6.07, 6.45) is 2.26. The number of hydrogen-bond donors (Lipinski definition) is 0. The number of piperazine rings is 1. The molecule has 0 saturated carbocycles. The second-order valence-electron chi connectivity index (χ2n) is 7.93. The fourth-order valence-electron chi connectivity index (χ4n) is 4.45. The summed E-state index contributed by atoms with van der Waals surface area (Å²) in [5, 5.41) is 9.80. The molecule has 0 unspecified atom stereocenters. The van der Waals surface area contributed by atoms with Gasteiger partial charge in [0.2, 0.25) is 5.91 Å². The van der Waals surface area contributed by atoms with Crippen molar-refractivity contribution in [2.24, 2.45) is 0 Å². The molecule has 0 atom stereocenters. The number of rotatable bonds is 4. The van der Waals surface area contributed by atoms with Gasteiger partial charge in [0.05, 0.1) is 11.3 Å². The van der Waals surface area contributed by atoms with Crippen molar-refractivity contribution < 1.29 is 4.79 Å². The first kappa shape index (κ1) is 20.1. The first-order chi connectivity index (χ1) is 14.6. The lowest BCUT2D eigenvalue weighted by Gasteiger charge is -2.38. The van der Waals surface area contributed by atoms with Crippen LogP contribution in [0.25, 0.3) is 0 Å². The monoisotopic (exact) mass is 401 g/mol. The molecule has 1 amide bonds. The third-order valence-corrected chi connectivity index (χ3v) is 6.06. The first-order valence-electron chi connectivity index (χ1n) is 10.5. The lowest BCUT2D eigenvalue weighted by atomic mass is 9.94. The number of aromatic nitrogens is 1. The average Bonchev–Trinajstić information content (AvgIpc) is 2.79. The number of aryl methyl sites for hydroxylation is 1. The van der Waals surface area contributed by atoms with Crippen molar-refractivity contribution >= 4 is 11.7 Å². The van der Waals surface area contributed by atoms with E-state index in [0.717, 1.165) is 56.2 Å². The number of pyridine rings is 1. The predicted octanol–water partition coefficient (Wildman–Crippen LogP) is 2.65. The van der Waals surface area contributed by atoms with Crippen LogP contribution in [0.4, 0.5) is 5.82 Å². The summed E-state index contributed by atoms with van der Waals surface area (Å²) in [4.78, 5) is 23.2. The second kappa shape index (κ2) is 8.68. The topological polar surface area (TPSA) is 63.5 Å². The number of fused-ring (bicyclic) bond motifs is 1. The largest absolute Gasteiger partial charge is 0.353 e. The molecular formula is C24H27N5O. The molecule has 2 aromatic rings. The average molecular weight is 402 g/mol. The van der Waals surface area contributed by atoms with Crippen LogP contribution in [0.5, 0.6) is 0 Å². The Hall–Kier alpha value is -3.17. The zero-order valence-electron chi connectivity index (χ0n) is 17.5. The zero-order valence-corrected chi connectivity index (χ0v) is 17.5. The van der Waals surface area contributed by atoms with E-state index in [2.05, 4.69) is 46.7 Å². The maximum Gasteiger partial charge on any atom is 0.246 e. The molecule has 1 aromatic heterocycles. The molecule has 0 spiro atoms. The normalized spacial score (nSPS) is 16.7. The minimum atomic E-state index is -0.0165. The van der Waals surface area contributed by atoms with E-state index in [1.165, 1.54) is 17.2 Å². The highest BCUT2D eigenvalue weighted by Crippen LogP contribution is 2.32. The van der Waals surface area contributed by atoms with E-state index >= 15 is 0 Å². The minimum absolute atomic E-state index is 0.0165. The Balaban J connectivity index is 1.59. The van der Waals surface area contributed by atoms with Crippen LogP contribution < -0.4 is 4.90 Å². The van der Waals surface area contributed by atoms with Crippen molar-refractivity contribution in [3.8, 4) is 6.07 Å². The van der Waals surface area contributed by atoms with Gasteiger partial charge in [0.1, 0.15) is 11.9 Å². The van der Waals surface area contributed by atoms with Gasteiger partial charge in [-0.1, -0.05) is 36.9 Å². The number of carbonyl (C=O) groups excluding carboxylic acids is 1. The molecule has 6 nitrogen and oxygen atoms in total.